The molecule has 3 atom stereocenters. The molecule has 3 N–H and O–H groups in total. The highest BCUT2D eigenvalue weighted by molar-refractivity contribution is 5.82. The highest BCUT2D eigenvalue weighted by Gasteiger charge is 2.59. The summed E-state index contributed by atoms with van der Waals surface area (Å²) in [6, 6.07) is 2.73. The van der Waals surface area contributed by atoms with Crippen LogP contribution in [0.5, 0.6) is 5.75 Å². The van der Waals surface area contributed by atoms with Crippen LogP contribution in [0.15, 0.2) is 12.1 Å². The lowest BCUT2D eigenvalue weighted by Crippen LogP contribution is -2.66. The smallest absolute Gasteiger partial charge is 0.471 e. The number of anilines is 1. The Kier molecular flexibility index (Phi) is 5.13. The van der Waals surface area contributed by atoms with Gasteiger partial charge in [0.15, 0.2) is 0 Å². The van der Waals surface area contributed by atoms with Gasteiger partial charge in [0, 0.05) is 23.4 Å². The molecule has 168 valence electrons. The van der Waals surface area contributed by atoms with Crippen molar-refractivity contribution in [2.24, 2.45) is 10.8 Å². The standard InChI is InChI=1S/C22H31F3N2O3/c1-19(2,3)17(29)26-14-11-13-12(9-15(14)28)10-16-20(4,5)21(13,6)7-8-27(16)18(30)22(23,24)25/h9,11,16-17,26,28-29H,7-8,10H2,1-6H3/t16-,17?,21+/m1/s1. The highest BCUT2D eigenvalue weighted by Crippen LogP contribution is 2.57. The third-order valence-corrected chi connectivity index (χ3v) is 7.33. The molecular formula is C22H31F3N2O3. The van der Waals surface area contributed by atoms with Crippen LogP contribution in [0.4, 0.5) is 18.9 Å². The van der Waals surface area contributed by atoms with Crippen LogP contribution in [0, 0.1) is 10.8 Å². The van der Waals surface area contributed by atoms with Crippen LogP contribution in [0.25, 0.3) is 0 Å². The Labute approximate surface area is 175 Å². The molecular weight excluding hydrogens is 397 g/mol. The van der Waals surface area contributed by atoms with Gasteiger partial charge < -0.3 is 20.4 Å². The number of aromatic hydroxyl groups is 1. The number of piperidine rings is 1. The van der Waals surface area contributed by atoms with Gasteiger partial charge in [-0.05, 0) is 41.5 Å². The topological polar surface area (TPSA) is 72.8 Å². The Balaban J connectivity index is 2.06. The normalized spacial score (nSPS) is 26.7. The number of benzene rings is 1. The second kappa shape index (κ2) is 6.77. The first-order valence-corrected chi connectivity index (χ1v) is 10.2. The Morgan fingerprint density at radius 2 is 1.83 bits per heavy atom. The number of nitrogens with one attached hydrogen (secondary N) is 1. The van der Waals surface area contributed by atoms with Crippen molar-refractivity contribution in [2.75, 3.05) is 11.9 Å². The third kappa shape index (κ3) is 3.43. The molecule has 0 spiro atoms. The maximum Gasteiger partial charge on any atom is 0.471 e. The molecule has 2 aliphatic rings. The number of alkyl halides is 3. The van der Waals surface area contributed by atoms with Crippen molar-refractivity contribution in [1.82, 2.24) is 4.90 Å². The van der Waals surface area contributed by atoms with Gasteiger partial charge in [-0.3, -0.25) is 4.79 Å². The van der Waals surface area contributed by atoms with Gasteiger partial charge in [0.2, 0.25) is 0 Å². The van der Waals surface area contributed by atoms with Crippen LogP contribution in [-0.2, 0) is 16.6 Å². The van der Waals surface area contributed by atoms with E-state index < -0.39 is 40.6 Å². The van der Waals surface area contributed by atoms with Crippen LogP contribution in [0.3, 0.4) is 0 Å². The van der Waals surface area contributed by atoms with Gasteiger partial charge >= 0.3 is 12.1 Å². The third-order valence-electron chi connectivity index (χ3n) is 7.33. The first kappa shape index (κ1) is 22.7. The molecule has 5 nitrogen and oxygen atoms in total. The molecule has 1 aromatic rings. The summed E-state index contributed by atoms with van der Waals surface area (Å²) in [7, 11) is 0. The van der Waals surface area contributed by atoms with E-state index in [0.717, 1.165) is 16.0 Å². The van der Waals surface area contributed by atoms with Crippen molar-refractivity contribution in [3.05, 3.63) is 23.3 Å². The monoisotopic (exact) mass is 428 g/mol. The first-order valence-electron chi connectivity index (χ1n) is 10.2. The van der Waals surface area contributed by atoms with Crippen molar-refractivity contribution < 1.29 is 28.2 Å². The van der Waals surface area contributed by atoms with Gasteiger partial charge in [-0.15, -0.1) is 0 Å². The summed E-state index contributed by atoms with van der Waals surface area (Å²) < 4.78 is 39.5. The lowest BCUT2D eigenvalue weighted by molar-refractivity contribution is -0.195. The van der Waals surface area contributed by atoms with E-state index in [9.17, 15) is 28.2 Å². The number of carbonyl (C=O) groups excluding carboxylic acids is 1. The molecule has 30 heavy (non-hydrogen) atoms. The van der Waals surface area contributed by atoms with Gasteiger partial charge in [0.05, 0.1) is 5.69 Å². The van der Waals surface area contributed by atoms with E-state index in [-0.39, 0.29) is 18.7 Å². The SMILES string of the molecule is CC(C)(C)C(O)Nc1cc2c(cc1O)C[C@H]1N(C(=O)C(F)(F)F)CC[C@]2(C)C1(C)C. The molecule has 1 unspecified atom stereocenters. The Morgan fingerprint density at radius 1 is 1.23 bits per heavy atom. The van der Waals surface area contributed by atoms with E-state index in [4.69, 9.17) is 0 Å². The zero-order chi connectivity index (χ0) is 22.9. The molecule has 1 saturated heterocycles. The van der Waals surface area contributed by atoms with Crippen LogP contribution >= 0.6 is 0 Å². The van der Waals surface area contributed by atoms with E-state index in [0.29, 0.717) is 12.1 Å². The number of fused-ring (bicyclic) bond motifs is 4. The van der Waals surface area contributed by atoms with Crippen molar-refractivity contribution in [1.29, 1.82) is 0 Å². The lowest BCUT2D eigenvalue weighted by atomic mass is 9.51. The van der Waals surface area contributed by atoms with Crippen LogP contribution in [0.2, 0.25) is 0 Å². The number of aliphatic hydroxyl groups is 1. The number of hydrogen-bond donors (Lipinski definition) is 3. The summed E-state index contributed by atoms with van der Waals surface area (Å²) in [6.07, 6.45) is -5.21. The Bertz CT molecular complexity index is 860. The maximum atomic E-state index is 13.2. The summed E-state index contributed by atoms with van der Waals surface area (Å²) >= 11 is 0. The zero-order valence-corrected chi connectivity index (χ0v) is 18.3. The molecule has 1 heterocycles. The minimum atomic E-state index is -4.91. The van der Waals surface area contributed by atoms with Crippen molar-refractivity contribution in [2.45, 2.75) is 78.2 Å². The molecule has 2 bridgehead atoms. The Morgan fingerprint density at radius 3 is 2.37 bits per heavy atom. The van der Waals surface area contributed by atoms with Crippen LogP contribution in [-0.4, -0.2) is 46.0 Å². The number of phenolic OH excluding ortho intramolecular Hbond substituents is 1. The highest BCUT2D eigenvalue weighted by atomic mass is 19.4. The molecule has 1 aliphatic heterocycles. The average Bonchev–Trinajstić information content (AvgIpc) is 2.57. The van der Waals surface area contributed by atoms with E-state index in [2.05, 4.69) is 5.32 Å². The van der Waals surface area contributed by atoms with Gasteiger partial charge in [-0.25, -0.2) is 0 Å². The van der Waals surface area contributed by atoms with E-state index in [1.54, 1.807) is 12.1 Å². The largest absolute Gasteiger partial charge is 0.506 e. The number of amides is 1. The maximum absolute atomic E-state index is 13.2. The molecule has 1 amide bonds. The lowest BCUT2D eigenvalue weighted by Gasteiger charge is -2.60. The van der Waals surface area contributed by atoms with Crippen molar-refractivity contribution in [3.63, 3.8) is 0 Å². The molecule has 8 heteroatoms. The molecule has 1 fully saturated rings. The minimum Gasteiger partial charge on any atom is -0.506 e. The summed E-state index contributed by atoms with van der Waals surface area (Å²) in [4.78, 5) is 13.0. The van der Waals surface area contributed by atoms with Crippen molar-refractivity contribution in [3.8, 4) is 5.75 Å². The number of aliphatic hydroxyl groups excluding tert-OH is 1. The van der Waals surface area contributed by atoms with Crippen LogP contribution in [0.1, 0.15) is 59.1 Å². The molecule has 0 radical (unpaired) electrons. The predicted molar refractivity (Wildman–Crippen MR) is 108 cm³/mol. The second-order valence-electron chi connectivity index (χ2n) is 10.5. The second-order valence-corrected chi connectivity index (χ2v) is 10.5. The minimum absolute atomic E-state index is 0.0244. The molecule has 1 aliphatic carbocycles. The summed E-state index contributed by atoms with van der Waals surface area (Å²) in [5.74, 6) is -1.88. The molecule has 0 aromatic heterocycles. The summed E-state index contributed by atoms with van der Waals surface area (Å²) in [5, 5.41) is 23.9. The quantitative estimate of drug-likeness (QED) is 0.488. The average molecular weight is 428 g/mol. The number of rotatable bonds is 2. The van der Waals surface area contributed by atoms with E-state index in [1.807, 2.05) is 41.5 Å². The fourth-order valence-electron chi connectivity index (χ4n) is 4.83. The van der Waals surface area contributed by atoms with E-state index in [1.165, 1.54) is 0 Å². The predicted octanol–water partition coefficient (Wildman–Crippen LogP) is 4.17. The Hall–Kier alpha value is -1.96. The van der Waals surface area contributed by atoms with Gasteiger partial charge in [0.25, 0.3) is 0 Å². The van der Waals surface area contributed by atoms with Crippen molar-refractivity contribution >= 4 is 11.6 Å². The summed E-state index contributed by atoms with van der Waals surface area (Å²) in [5.41, 5.74) is 0.486. The number of nitrogens with zero attached hydrogens (tertiary/aromatic N) is 1. The fraction of sp³-hybridized carbons (Fsp3) is 0.682. The number of halogens is 3. The van der Waals surface area contributed by atoms with Crippen LogP contribution < -0.4 is 5.32 Å². The molecule has 1 aromatic carbocycles. The zero-order valence-electron chi connectivity index (χ0n) is 18.3. The van der Waals surface area contributed by atoms with Gasteiger partial charge in [-0.2, -0.15) is 13.2 Å². The number of likely N-dealkylation sites (tertiary alicyclic amines) is 1. The summed E-state index contributed by atoms with van der Waals surface area (Å²) in [6.45, 7) is 11.4. The van der Waals surface area contributed by atoms with Gasteiger partial charge in [0.1, 0.15) is 12.0 Å². The first-order chi connectivity index (χ1) is 13.5. The molecule has 3 rings (SSSR count). The fourth-order valence-corrected chi connectivity index (χ4v) is 4.83. The van der Waals surface area contributed by atoms with E-state index >= 15 is 0 Å². The number of hydrogen-bond acceptors (Lipinski definition) is 4. The van der Waals surface area contributed by atoms with Gasteiger partial charge in [-0.1, -0.05) is 41.5 Å². The number of carbonyl (C=O) groups is 1. The molecule has 0 saturated carbocycles. The number of phenols is 1.